The van der Waals surface area contributed by atoms with E-state index in [4.69, 9.17) is 9.84 Å². The number of anilines is 1. The number of sulfonamides is 1. The number of carbonyl (C=O) groups is 1. The van der Waals surface area contributed by atoms with Gasteiger partial charge in [-0.15, -0.1) is 0 Å². The van der Waals surface area contributed by atoms with Gasteiger partial charge in [-0.3, -0.25) is 4.31 Å². The van der Waals surface area contributed by atoms with Crippen LogP contribution in [0, 0.1) is 0 Å². The molecule has 122 valence electrons. The average molecular weight is 400 g/mol. The third-order valence-electron chi connectivity index (χ3n) is 3.25. The largest absolute Gasteiger partial charge is 0.495 e. The number of halogens is 1. The topological polar surface area (TPSA) is 83.9 Å². The van der Waals surface area contributed by atoms with Crippen LogP contribution in [0.15, 0.2) is 51.8 Å². The monoisotopic (exact) mass is 399 g/mol. The first kappa shape index (κ1) is 17.3. The predicted octanol–water partition coefficient (Wildman–Crippen LogP) is 2.98. The maximum atomic E-state index is 12.7. The lowest BCUT2D eigenvalue weighted by Gasteiger charge is -2.21. The zero-order chi connectivity index (χ0) is 17.2. The summed E-state index contributed by atoms with van der Waals surface area (Å²) < 4.78 is 32.0. The number of hydrogen-bond donors (Lipinski definition) is 1. The van der Waals surface area contributed by atoms with Gasteiger partial charge in [-0.1, -0.05) is 12.1 Å². The molecule has 6 nitrogen and oxygen atoms in total. The van der Waals surface area contributed by atoms with Crippen molar-refractivity contribution in [3.05, 3.63) is 52.5 Å². The number of methoxy groups -OCH3 is 1. The standard InChI is InChI=1S/C15H14BrNO5S/c1-17(13-5-3-4-6-14(13)22-2)23(20,21)10-7-8-12(16)11(9-10)15(18)19/h3-9H,1-2H3,(H,18,19). The highest BCUT2D eigenvalue weighted by Crippen LogP contribution is 2.31. The molecule has 0 aliphatic carbocycles. The molecule has 2 aromatic carbocycles. The van der Waals surface area contributed by atoms with Crippen molar-refractivity contribution in [2.24, 2.45) is 0 Å². The maximum Gasteiger partial charge on any atom is 0.336 e. The van der Waals surface area contributed by atoms with Crippen LogP contribution in [-0.2, 0) is 10.0 Å². The van der Waals surface area contributed by atoms with Crippen LogP contribution in [0.5, 0.6) is 5.75 Å². The summed E-state index contributed by atoms with van der Waals surface area (Å²) in [5.74, 6) is -0.817. The van der Waals surface area contributed by atoms with E-state index in [9.17, 15) is 13.2 Å². The van der Waals surface area contributed by atoms with Gasteiger partial charge in [0, 0.05) is 11.5 Å². The van der Waals surface area contributed by atoms with Crippen LogP contribution in [0.2, 0.25) is 0 Å². The quantitative estimate of drug-likeness (QED) is 0.835. The van der Waals surface area contributed by atoms with E-state index in [1.807, 2.05) is 0 Å². The van der Waals surface area contributed by atoms with E-state index in [-0.39, 0.29) is 10.5 Å². The minimum Gasteiger partial charge on any atom is -0.495 e. The van der Waals surface area contributed by atoms with Crippen LogP contribution in [-0.4, -0.2) is 33.7 Å². The number of ether oxygens (including phenoxy) is 1. The van der Waals surface area contributed by atoms with E-state index in [2.05, 4.69) is 15.9 Å². The molecule has 8 heteroatoms. The highest BCUT2D eigenvalue weighted by atomic mass is 79.9. The van der Waals surface area contributed by atoms with Crippen LogP contribution in [0.25, 0.3) is 0 Å². The van der Waals surface area contributed by atoms with Gasteiger partial charge in [0.2, 0.25) is 0 Å². The molecule has 0 aliphatic heterocycles. The molecular formula is C15H14BrNO5S. The summed E-state index contributed by atoms with van der Waals surface area (Å²) in [6.07, 6.45) is 0. The Balaban J connectivity index is 2.54. The fourth-order valence-electron chi connectivity index (χ4n) is 2.01. The molecular weight excluding hydrogens is 386 g/mol. The highest BCUT2D eigenvalue weighted by Gasteiger charge is 2.25. The van der Waals surface area contributed by atoms with Gasteiger partial charge in [0.05, 0.1) is 23.3 Å². The zero-order valence-corrected chi connectivity index (χ0v) is 14.8. The Hall–Kier alpha value is -2.06. The lowest BCUT2D eigenvalue weighted by molar-refractivity contribution is 0.0695. The highest BCUT2D eigenvalue weighted by molar-refractivity contribution is 9.10. The van der Waals surface area contributed by atoms with Gasteiger partial charge in [0.25, 0.3) is 10.0 Å². The van der Waals surface area contributed by atoms with Gasteiger partial charge >= 0.3 is 5.97 Å². The van der Waals surface area contributed by atoms with Crippen LogP contribution in [0.4, 0.5) is 5.69 Å². The molecule has 23 heavy (non-hydrogen) atoms. The predicted molar refractivity (Wildman–Crippen MR) is 89.7 cm³/mol. The second kappa shape index (κ2) is 6.59. The number of benzene rings is 2. The number of carboxylic acid groups (broad SMARTS) is 1. The number of carboxylic acids is 1. The fraction of sp³-hybridized carbons (Fsp3) is 0.133. The van der Waals surface area contributed by atoms with Crippen molar-refractivity contribution in [3.63, 3.8) is 0 Å². The van der Waals surface area contributed by atoms with Gasteiger partial charge in [0.1, 0.15) is 5.75 Å². The minimum atomic E-state index is -3.93. The summed E-state index contributed by atoms with van der Waals surface area (Å²) in [4.78, 5) is 11.1. The maximum absolute atomic E-state index is 12.7. The van der Waals surface area contributed by atoms with Crippen molar-refractivity contribution in [2.45, 2.75) is 4.90 Å². The van der Waals surface area contributed by atoms with E-state index in [0.29, 0.717) is 15.9 Å². The third-order valence-corrected chi connectivity index (χ3v) is 5.71. The molecule has 0 aromatic heterocycles. The molecule has 2 rings (SSSR count). The number of para-hydroxylation sites is 2. The van der Waals surface area contributed by atoms with Gasteiger partial charge < -0.3 is 9.84 Å². The molecule has 0 aliphatic rings. The Morgan fingerprint density at radius 1 is 1.22 bits per heavy atom. The Labute approximate surface area is 142 Å². The number of nitrogens with zero attached hydrogens (tertiary/aromatic N) is 1. The summed E-state index contributed by atoms with van der Waals surface area (Å²) in [5, 5.41) is 9.14. The SMILES string of the molecule is COc1ccccc1N(C)S(=O)(=O)c1ccc(Br)c(C(=O)O)c1. The Morgan fingerprint density at radius 2 is 1.87 bits per heavy atom. The summed E-state index contributed by atoms with van der Waals surface area (Å²) in [7, 11) is -1.10. The molecule has 0 spiro atoms. The fourth-order valence-corrected chi connectivity index (χ4v) is 3.66. The molecule has 0 radical (unpaired) electrons. The first-order valence-electron chi connectivity index (χ1n) is 6.44. The van der Waals surface area contributed by atoms with E-state index in [1.165, 1.54) is 26.3 Å². The normalized spacial score (nSPS) is 11.1. The lowest BCUT2D eigenvalue weighted by Crippen LogP contribution is -2.27. The summed E-state index contributed by atoms with van der Waals surface area (Å²) in [6, 6.07) is 10.5. The molecule has 0 atom stereocenters. The van der Waals surface area contributed by atoms with Crippen molar-refractivity contribution >= 4 is 37.6 Å². The number of rotatable bonds is 5. The van der Waals surface area contributed by atoms with Crippen molar-refractivity contribution in [3.8, 4) is 5.75 Å². The Morgan fingerprint density at radius 3 is 2.48 bits per heavy atom. The summed E-state index contributed by atoms with van der Waals surface area (Å²) in [6.45, 7) is 0. The van der Waals surface area contributed by atoms with Crippen LogP contribution >= 0.6 is 15.9 Å². The molecule has 0 bridgehead atoms. The van der Waals surface area contributed by atoms with Crippen LogP contribution in [0.1, 0.15) is 10.4 Å². The van der Waals surface area contributed by atoms with Crippen molar-refractivity contribution in [1.29, 1.82) is 0 Å². The molecule has 2 aromatic rings. The van der Waals surface area contributed by atoms with Crippen molar-refractivity contribution in [2.75, 3.05) is 18.5 Å². The van der Waals surface area contributed by atoms with E-state index in [0.717, 1.165) is 10.4 Å². The van der Waals surface area contributed by atoms with E-state index < -0.39 is 16.0 Å². The smallest absolute Gasteiger partial charge is 0.336 e. The second-order valence-corrected chi connectivity index (χ2v) is 7.41. The first-order valence-corrected chi connectivity index (χ1v) is 8.67. The van der Waals surface area contributed by atoms with Crippen molar-refractivity contribution < 1.29 is 23.1 Å². The van der Waals surface area contributed by atoms with Crippen LogP contribution in [0.3, 0.4) is 0 Å². The van der Waals surface area contributed by atoms with Gasteiger partial charge in [0.15, 0.2) is 0 Å². The second-order valence-electron chi connectivity index (χ2n) is 4.59. The molecule has 0 saturated heterocycles. The molecule has 0 unspecified atom stereocenters. The van der Waals surface area contributed by atoms with Gasteiger partial charge in [-0.2, -0.15) is 0 Å². The Bertz CT molecular complexity index is 851. The van der Waals surface area contributed by atoms with Crippen molar-refractivity contribution in [1.82, 2.24) is 0 Å². The van der Waals surface area contributed by atoms with Gasteiger partial charge in [-0.05, 0) is 46.3 Å². The summed E-state index contributed by atoms with van der Waals surface area (Å²) >= 11 is 3.09. The Kier molecular flexibility index (Phi) is 4.96. The molecule has 0 fully saturated rings. The number of aromatic carboxylic acids is 1. The first-order chi connectivity index (χ1) is 10.8. The van der Waals surface area contributed by atoms with Gasteiger partial charge in [-0.25, -0.2) is 13.2 Å². The number of hydrogen-bond acceptors (Lipinski definition) is 4. The zero-order valence-electron chi connectivity index (χ0n) is 12.4. The van der Waals surface area contributed by atoms with E-state index >= 15 is 0 Å². The molecule has 0 amide bonds. The van der Waals surface area contributed by atoms with E-state index in [1.54, 1.807) is 24.3 Å². The van der Waals surface area contributed by atoms with Crippen LogP contribution < -0.4 is 9.04 Å². The lowest BCUT2D eigenvalue weighted by atomic mass is 10.2. The summed E-state index contributed by atoms with van der Waals surface area (Å²) in [5.41, 5.74) is 0.231. The molecule has 0 saturated carbocycles. The third kappa shape index (κ3) is 3.32. The molecule has 0 heterocycles. The minimum absolute atomic E-state index is 0.119. The average Bonchev–Trinajstić information content (AvgIpc) is 2.53. The molecule has 1 N–H and O–H groups in total.